The molecule has 0 amide bonds. The lowest BCUT2D eigenvalue weighted by molar-refractivity contribution is -0.146. The largest absolute Gasteiger partial charge is 0.485 e. The van der Waals surface area contributed by atoms with Gasteiger partial charge in [-0.1, -0.05) is 103 Å². The summed E-state index contributed by atoms with van der Waals surface area (Å²) in [4.78, 5) is 24.2. The van der Waals surface area contributed by atoms with Gasteiger partial charge in [-0.3, -0.25) is 9.59 Å². The summed E-state index contributed by atoms with van der Waals surface area (Å²) < 4.78 is 51.5. The van der Waals surface area contributed by atoms with Crippen LogP contribution in [0, 0.1) is 43.2 Å². The molecule has 0 saturated heterocycles. The molecule has 6 nitrogen and oxygen atoms in total. The van der Waals surface area contributed by atoms with E-state index >= 15 is 0 Å². The lowest BCUT2D eigenvalue weighted by Crippen LogP contribution is -2.23. The molecule has 0 aromatic heterocycles. The fourth-order valence-corrected chi connectivity index (χ4v) is 10.2. The van der Waals surface area contributed by atoms with Gasteiger partial charge in [0, 0.05) is 11.1 Å². The zero-order valence-electron chi connectivity index (χ0n) is 39.2. The van der Waals surface area contributed by atoms with Crippen LogP contribution in [0.15, 0.2) is 121 Å². The van der Waals surface area contributed by atoms with Crippen molar-refractivity contribution >= 4 is 11.9 Å². The Labute approximate surface area is 393 Å². The minimum atomic E-state index is -0.208. The van der Waals surface area contributed by atoms with E-state index in [1.54, 1.807) is 12.1 Å². The molecule has 346 valence electrons. The van der Waals surface area contributed by atoms with Crippen molar-refractivity contribution in [1.29, 1.82) is 0 Å². The van der Waals surface area contributed by atoms with E-state index in [9.17, 15) is 18.4 Å². The fourth-order valence-electron chi connectivity index (χ4n) is 10.2. The molecule has 4 aliphatic rings. The summed E-state index contributed by atoms with van der Waals surface area (Å²) in [5, 5.41) is 0. The monoisotopic (exact) mass is 902 g/mol. The number of aryl methyl sites for hydroxylation is 4. The van der Waals surface area contributed by atoms with Gasteiger partial charge >= 0.3 is 11.9 Å². The first-order valence-corrected chi connectivity index (χ1v) is 23.9. The summed E-state index contributed by atoms with van der Waals surface area (Å²) in [6.07, 6.45) is 8.65. The van der Waals surface area contributed by atoms with Gasteiger partial charge in [-0.05, 0) is 170 Å². The summed E-state index contributed by atoms with van der Waals surface area (Å²) in [6.45, 7) is 5.91. The molecule has 2 heterocycles. The fraction of sp³-hybridized carbons (Fsp3) is 0.356. The first-order chi connectivity index (χ1) is 32.5. The van der Waals surface area contributed by atoms with E-state index in [1.807, 2.05) is 81.4 Å². The van der Waals surface area contributed by atoms with E-state index < -0.39 is 0 Å². The number of carbonyl (C=O) groups excluding carboxylic acids is 2. The minimum absolute atomic E-state index is 0.0378. The van der Waals surface area contributed by atoms with Crippen LogP contribution < -0.4 is 9.47 Å². The van der Waals surface area contributed by atoms with Gasteiger partial charge in [-0.2, -0.15) is 0 Å². The lowest BCUT2D eigenvalue weighted by Gasteiger charge is -2.29. The Morgan fingerprint density at radius 2 is 1.06 bits per heavy atom. The quantitative estimate of drug-likeness (QED) is 0.114. The van der Waals surface area contributed by atoms with Crippen molar-refractivity contribution in [3.05, 3.63) is 177 Å². The molecule has 6 aromatic carbocycles. The maximum Gasteiger partial charge on any atom is 0.309 e. The smallest absolute Gasteiger partial charge is 0.309 e. The Bertz CT molecular complexity index is 2740. The maximum atomic E-state index is 14.3. The Morgan fingerprint density at radius 1 is 0.582 bits per heavy atom. The van der Waals surface area contributed by atoms with Crippen molar-refractivity contribution < 1.29 is 37.3 Å². The van der Waals surface area contributed by atoms with Gasteiger partial charge in [0.15, 0.2) is 0 Å². The molecule has 0 spiro atoms. The van der Waals surface area contributed by atoms with E-state index in [0.717, 1.165) is 107 Å². The van der Waals surface area contributed by atoms with Gasteiger partial charge < -0.3 is 18.9 Å². The van der Waals surface area contributed by atoms with E-state index in [2.05, 4.69) is 36.4 Å². The standard InChI is InChI=1S/C30H31FO3.C29H29FO3/c1-18-4-14-26(31)25(16-18)20-5-7-21(8-6-20)27-15-13-22-9-12-24(17-28(22)34-27)29(23-10-11-23)19(2)30(32)33-3;1-18-3-13-26(30)25(15-18)20-6-8-21(9-7-20)27-14-12-22-10-11-23(16-28(22)33-27)24(19-4-5-19)17-29(31)32-2/h4-9,12,14,16-17,19,23,27,29H,10-11,13,15H2,1-3H3;3,6-11,13,15-16,19,24,27H,4-5,12,14,17H2,1-2H3/t19?,27?,29-;24-,27?/m00/s1. The summed E-state index contributed by atoms with van der Waals surface area (Å²) in [5.74, 6) is 2.34. The maximum absolute atomic E-state index is 14.3. The second kappa shape index (κ2) is 19.9. The number of halogens is 2. The molecule has 0 bridgehead atoms. The van der Waals surface area contributed by atoms with Gasteiger partial charge in [-0.15, -0.1) is 0 Å². The number of methoxy groups -OCH3 is 2. The molecular formula is C59H60F2O6. The third kappa shape index (κ3) is 10.5. The van der Waals surface area contributed by atoms with Crippen molar-refractivity contribution in [2.24, 2.45) is 17.8 Å². The molecule has 3 unspecified atom stereocenters. The summed E-state index contributed by atoms with van der Waals surface area (Å²) in [5.41, 5.74) is 12.0. The second-order valence-corrected chi connectivity index (χ2v) is 19.1. The number of fused-ring (bicyclic) bond motifs is 2. The van der Waals surface area contributed by atoms with E-state index in [4.69, 9.17) is 18.9 Å². The van der Waals surface area contributed by atoms with Crippen LogP contribution in [0.25, 0.3) is 22.3 Å². The van der Waals surface area contributed by atoms with Gasteiger partial charge in [0.2, 0.25) is 0 Å². The molecule has 2 saturated carbocycles. The van der Waals surface area contributed by atoms with Crippen LogP contribution in [-0.4, -0.2) is 26.2 Å². The molecule has 0 N–H and O–H groups in total. The summed E-state index contributed by atoms with van der Waals surface area (Å²) in [7, 11) is 2.91. The average Bonchev–Trinajstić information content (AvgIpc) is 4.31. The van der Waals surface area contributed by atoms with Crippen molar-refractivity contribution in [3.63, 3.8) is 0 Å². The molecular weight excluding hydrogens is 843 g/mol. The number of benzene rings is 6. The highest BCUT2D eigenvalue weighted by molar-refractivity contribution is 5.73. The molecule has 10 rings (SSSR count). The molecule has 5 atom stereocenters. The van der Waals surface area contributed by atoms with Crippen LogP contribution in [0.1, 0.15) is 120 Å². The summed E-state index contributed by atoms with van der Waals surface area (Å²) >= 11 is 0. The third-order valence-electron chi connectivity index (χ3n) is 14.4. The first kappa shape index (κ1) is 45.9. The van der Waals surface area contributed by atoms with Gasteiger partial charge in [-0.25, -0.2) is 8.78 Å². The van der Waals surface area contributed by atoms with Crippen molar-refractivity contribution in [2.45, 2.75) is 103 Å². The van der Waals surface area contributed by atoms with Crippen LogP contribution in [0.4, 0.5) is 8.78 Å². The molecule has 67 heavy (non-hydrogen) atoms. The normalized spacial score (nSPS) is 18.6. The molecule has 6 aromatic rings. The van der Waals surface area contributed by atoms with E-state index in [-0.39, 0.29) is 53.5 Å². The highest BCUT2D eigenvalue weighted by atomic mass is 19.1. The highest BCUT2D eigenvalue weighted by Crippen LogP contribution is 2.49. The Hall–Kier alpha value is -6.28. The zero-order chi connectivity index (χ0) is 46.8. The van der Waals surface area contributed by atoms with E-state index in [0.29, 0.717) is 29.4 Å². The van der Waals surface area contributed by atoms with Crippen LogP contribution >= 0.6 is 0 Å². The second-order valence-electron chi connectivity index (χ2n) is 19.1. The summed E-state index contributed by atoms with van der Waals surface area (Å²) in [6, 6.07) is 39.3. The van der Waals surface area contributed by atoms with Crippen molar-refractivity contribution in [2.75, 3.05) is 14.2 Å². The number of hydrogen-bond donors (Lipinski definition) is 0. The number of rotatable bonds is 12. The Morgan fingerprint density at radius 3 is 1.52 bits per heavy atom. The number of carbonyl (C=O) groups is 2. The molecule has 0 radical (unpaired) electrons. The molecule has 2 aliphatic heterocycles. The average molecular weight is 903 g/mol. The first-order valence-electron chi connectivity index (χ1n) is 23.9. The Balaban J connectivity index is 0.000000168. The SMILES string of the molecule is COC(=O)C(C)[C@H](c1ccc2c(c1)OC(c1ccc(-c3cc(C)ccc3F)cc1)CC2)C1CC1.COC(=O)C[C@H](c1ccc2c(c1)OC(c1ccc(-c3cc(C)ccc3F)cc1)CC2)C1CC1. The van der Waals surface area contributed by atoms with Gasteiger partial charge in [0.25, 0.3) is 0 Å². The predicted molar refractivity (Wildman–Crippen MR) is 258 cm³/mol. The van der Waals surface area contributed by atoms with Crippen LogP contribution in [0.5, 0.6) is 11.5 Å². The molecule has 2 aliphatic carbocycles. The van der Waals surface area contributed by atoms with Crippen molar-refractivity contribution in [3.8, 4) is 33.8 Å². The van der Waals surface area contributed by atoms with Crippen LogP contribution in [0.2, 0.25) is 0 Å². The zero-order valence-corrected chi connectivity index (χ0v) is 39.2. The number of esters is 2. The minimum Gasteiger partial charge on any atom is -0.485 e. The number of ether oxygens (including phenoxy) is 4. The lowest BCUT2D eigenvalue weighted by atomic mass is 9.82. The van der Waals surface area contributed by atoms with E-state index in [1.165, 1.54) is 37.5 Å². The third-order valence-corrected chi connectivity index (χ3v) is 14.4. The predicted octanol–water partition coefficient (Wildman–Crippen LogP) is 14.1. The Kier molecular flexibility index (Phi) is 13.6. The van der Waals surface area contributed by atoms with Crippen LogP contribution in [0.3, 0.4) is 0 Å². The molecule has 8 heteroatoms. The highest BCUT2D eigenvalue weighted by Gasteiger charge is 2.40. The van der Waals surface area contributed by atoms with Crippen molar-refractivity contribution in [1.82, 2.24) is 0 Å². The van der Waals surface area contributed by atoms with Gasteiger partial charge in [0.1, 0.15) is 35.3 Å². The topological polar surface area (TPSA) is 71.1 Å². The number of hydrogen-bond acceptors (Lipinski definition) is 6. The van der Waals surface area contributed by atoms with Crippen LogP contribution in [-0.2, 0) is 31.9 Å². The molecule has 2 fully saturated rings. The van der Waals surface area contributed by atoms with Gasteiger partial charge in [0.05, 0.1) is 26.6 Å².